The van der Waals surface area contributed by atoms with Gasteiger partial charge in [-0.15, -0.1) is 0 Å². The van der Waals surface area contributed by atoms with Crippen LogP contribution in [0.3, 0.4) is 0 Å². The van der Waals surface area contributed by atoms with Gasteiger partial charge in [-0.05, 0) is 77.1 Å². The number of carbonyl (C=O) groups excluding carboxylic acids is 3. The Morgan fingerprint density at radius 3 is 1.68 bits per heavy atom. The van der Waals surface area contributed by atoms with Crippen molar-refractivity contribution in [2.45, 2.75) is 84.9 Å². The molecule has 0 aromatic heterocycles. The van der Waals surface area contributed by atoms with Crippen molar-refractivity contribution in [1.29, 1.82) is 0 Å². The molecule has 0 saturated carbocycles. The fourth-order valence-electron chi connectivity index (χ4n) is 6.43. The molecule has 0 aliphatic heterocycles. The molecule has 0 aliphatic rings. The summed E-state index contributed by atoms with van der Waals surface area (Å²) in [5.41, 5.74) is 2.16. The monoisotopic (exact) mass is 637 g/mol. The van der Waals surface area contributed by atoms with Gasteiger partial charge < -0.3 is 21.1 Å². The van der Waals surface area contributed by atoms with Gasteiger partial charge in [0.05, 0.1) is 18.6 Å². The molecule has 7 heteroatoms. The molecule has 0 aliphatic carbocycles. The summed E-state index contributed by atoms with van der Waals surface area (Å²) < 4.78 is 0. The van der Waals surface area contributed by atoms with Crippen molar-refractivity contribution in [3.05, 3.63) is 96.1 Å². The van der Waals surface area contributed by atoms with E-state index < -0.39 is 24.1 Å². The van der Waals surface area contributed by atoms with Gasteiger partial charge in [0, 0.05) is 12.5 Å². The number of aliphatic hydroxyl groups excluding tert-OH is 1. The highest BCUT2D eigenvalue weighted by Gasteiger charge is 2.31. The van der Waals surface area contributed by atoms with Gasteiger partial charge in [0.1, 0.15) is 6.04 Å². The third kappa shape index (κ3) is 10.1. The Bertz CT molecular complexity index is 1560. The smallest absolute Gasteiger partial charge is 0.242 e. The van der Waals surface area contributed by atoms with E-state index in [9.17, 15) is 19.5 Å². The van der Waals surface area contributed by atoms with Gasteiger partial charge in [-0.2, -0.15) is 0 Å². The van der Waals surface area contributed by atoms with E-state index in [1.54, 1.807) is 0 Å². The highest BCUT2D eigenvalue weighted by atomic mass is 16.3. The highest BCUT2D eigenvalue weighted by molar-refractivity contribution is 5.91. The van der Waals surface area contributed by atoms with Gasteiger partial charge in [-0.3, -0.25) is 14.4 Å². The summed E-state index contributed by atoms with van der Waals surface area (Å²) in [7, 11) is 0. The average molecular weight is 638 g/mol. The maximum Gasteiger partial charge on any atom is 0.242 e. The van der Waals surface area contributed by atoms with Crippen LogP contribution >= 0.6 is 0 Å². The molecular formula is C40H51N3O4. The highest BCUT2D eigenvalue weighted by Crippen LogP contribution is 2.27. The Labute approximate surface area is 279 Å². The van der Waals surface area contributed by atoms with Gasteiger partial charge in [0.25, 0.3) is 0 Å². The minimum Gasteiger partial charge on any atom is -0.390 e. The van der Waals surface area contributed by atoms with Crippen molar-refractivity contribution >= 4 is 39.3 Å². The van der Waals surface area contributed by atoms with Crippen molar-refractivity contribution in [1.82, 2.24) is 16.0 Å². The molecule has 47 heavy (non-hydrogen) atoms. The molecule has 3 amide bonds. The van der Waals surface area contributed by atoms with Crippen molar-refractivity contribution in [2.24, 2.45) is 17.8 Å². The molecule has 4 N–H and O–H groups in total. The lowest BCUT2D eigenvalue weighted by molar-refractivity contribution is -0.132. The Kier molecular flexibility index (Phi) is 12.9. The van der Waals surface area contributed by atoms with Crippen LogP contribution in [0.25, 0.3) is 21.5 Å². The molecule has 4 rings (SSSR count). The van der Waals surface area contributed by atoms with E-state index in [0.29, 0.717) is 32.2 Å². The third-order valence-corrected chi connectivity index (χ3v) is 8.69. The van der Waals surface area contributed by atoms with Crippen LogP contribution in [0, 0.1) is 17.8 Å². The largest absolute Gasteiger partial charge is 0.390 e. The molecule has 7 nitrogen and oxygen atoms in total. The number of hydrogen-bond acceptors (Lipinski definition) is 4. The lowest BCUT2D eigenvalue weighted by Crippen LogP contribution is -2.54. The second-order valence-corrected chi connectivity index (χ2v) is 13.5. The predicted molar refractivity (Wildman–Crippen MR) is 191 cm³/mol. The molecule has 0 spiro atoms. The summed E-state index contributed by atoms with van der Waals surface area (Å²) in [6.07, 6.45) is 0.799. The standard InChI is InChI=1S/C40H51N3O4/c1-6-41-38(45)25-37(44)35(21-26(2)3)42-40(47)36(22-27(4)5)43-39(46)32(23-30-17-11-15-28-13-7-9-19-33(28)30)24-31-18-12-16-29-14-8-10-20-34(29)31/h7-20,26-27,32,35-37,44H,6,21-25H2,1-5H3,(H,41,45)(H,42,47)(H,43,46)/t35-,36-,37-/m0/s1. The van der Waals surface area contributed by atoms with E-state index >= 15 is 0 Å². The average Bonchev–Trinajstić information content (AvgIpc) is 3.03. The second-order valence-electron chi connectivity index (χ2n) is 13.5. The van der Waals surface area contributed by atoms with Crippen molar-refractivity contribution in [3.63, 3.8) is 0 Å². The topological polar surface area (TPSA) is 108 Å². The van der Waals surface area contributed by atoms with Gasteiger partial charge in [-0.1, -0.05) is 113 Å². The van der Waals surface area contributed by atoms with E-state index in [0.717, 1.165) is 32.7 Å². The minimum atomic E-state index is -1.05. The molecule has 4 aromatic carbocycles. The summed E-state index contributed by atoms with van der Waals surface area (Å²) in [5.74, 6) is -0.933. The SMILES string of the molecule is CCNC(=O)C[C@H](O)[C@H](CC(C)C)NC(=O)[C@H](CC(C)C)NC(=O)C(Cc1cccc2ccccc12)Cc1cccc2ccccc12. The van der Waals surface area contributed by atoms with E-state index in [1.807, 2.05) is 71.0 Å². The Hall–Kier alpha value is -4.23. The van der Waals surface area contributed by atoms with Crippen molar-refractivity contribution in [2.75, 3.05) is 6.54 Å². The summed E-state index contributed by atoms with van der Waals surface area (Å²) in [6.45, 7) is 10.4. The molecular weight excluding hydrogens is 586 g/mol. The first-order valence-corrected chi connectivity index (χ1v) is 17.0. The van der Waals surface area contributed by atoms with Gasteiger partial charge in [0.2, 0.25) is 17.7 Å². The first kappa shape index (κ1) is 35.6. The Balaban J connectivity index is 1.62. The third-order valence-electron chi connectivity index (χ3n) is 8.69. The number of nitrogens with one attached hydrogen (secondary N) is 3. The molecule has 4 aromatic rings. The quantitative estimate of drug-likeness (QED) is 0.115. The number of hydrogen-bond donors (Lipinski definition) is 4. The molecule has 0 heterocycles. The first-order chi connectivity index (χ1) is 22.5. The second kappa shape index (κ2) is 17.1. The summed E-state index contributed by atoms with van der Waals surface area (Å²) >= 11 is 0. The fourth-order valence-corrected chi connectivity index (χ4v) is 6.43. The van der Waals surface area contributed by atoms with Crippen molar-refractivity contribution in [3.8, 4) is 0 Å². The number of fused-ring (bicyclic) bond motifs is 2. The Morgan fingerprint density at radius 1 is 0.660 bits per heavy atom. The summed E-state index contributed by atoms with van der Waals surface area (Å²) in [6, 6.07) is 27.4. The van der Waals surface area contributed by atoms with Gasteiger partial charge in [0.15, 0.2) is 0 Å². The number of carbonyl (C=O) groups is 3. The zero-order valence-electron chi connectivity index (χ0n) is 28.5. The molecule has 0 saturated heterocycles. The fraction of sp³-hybridized carbons (Fsp3) is 0.425. The predicted octanol–water partition coefficient (Wildman–Crippen LogP) is 6.34. The number of benzene rings is 4. The van der Waals surface area contributed by atoms with E-state index in [4.69, 9.17) is 0 Å². The molecule has 0 bridgehead atoms. The van der Waals surface area contributed by atoms with E-state index in [2.05, 4.69) is 64.5 Å². The molecule has 250 valence electrons. The van der Waals surface area contributed by atoms with Gasteiger partial charge in [-0.25, -0.2) is 0 Å². The normalized spacial score (nSPS) is 13.6. The van der Waals surface area contributed by atoms with E-state index in [-0.39, 0.29) is 36.0 Å². The number of amides is 3. The van der Waals surface area contributed by atoms with Crippen LogP contribution in [-0.2, 0) is 27.2 Å². The van der Waals surface area contributed by atoms with Gasteiger partial charge >= 0.3 is 0 Å². The van der Waals surface area contributed by atoms with Crippen LogP contribution < -0.4 is 16.0 Å². The summed E-state index contributed by atoms with van der Waals surface area (Å²) in [5, 5.41) is 24.3. The molecule has 3 atom stereocenters. The molecule has 0 fully saturated rings. The molecule has 0 unspecified atom stereocenters. The lowest BCUT2D eigenvalue weighted by Gasteiger charge is -2.29. The van der Waals surface area contributed by atoms with E-state index in [1.165, 1.54) is 0 Å². The summed E-state index contributed by atoms with van der Waals surface area (Å²) in [4.78, 5) is 40.5. The molecule has 0 radical (unpaired) electrons. The minimum absolute atomic E-state index is 0.106. The van der Waals surface area contributed by atoms with Crippen LogP contribution in [0.1, 0.15) is 65.0 Å². The zero-order chi connectivity index (χ0) is 33.9. The number of rotatable bonds is 16. The van der Waals surface area contributed by atoms with Crippen molar-refractivity contribution < 1.29 is 19.5 Å². The van der Waals surface area contributed by atoms with Crippen LogP contribution in [0.15, 0.2) is 84.9 Å². The zero-order valence-corrected chi connectivity index (χ0v) is 28.5. The number of aliphatic hydroxyl groups is 1. The van der Waals surface area contributed by atoms with Crippen LogP contribution in [0.5, 0.6) is 0 Å². The maximum atomic E-state index is 14.3. The Morgan fingerprint density at radius 2 is 1.17 bits per heavy atom. The maximum absolute atomic E-state index is 14.3. The van der Waals surface area contributed by atoms with Crippen LogP contribution in [-0.4, -0.2) is 47.6 Å². The van der Waals surface area contributed by atoms with Crippen LogP contribution in [0.4, 0.5) is 0 Å². The van der Waals surface area contributed by atoms with Crippen LogP contribution in [0.2, 0.25) is 0 Å². The lowest BCUT2D eigenvalue weighted by atomic mass is 9.87. The first-order valence-electron chi connectivity index (χ1n) is 17.0.